The van der Waals surface area contributed by atoms with E-state index in [1.165, 1.54) is 7.11 Å². The Balaban J connectivity index is 2.58. The highest BCUT2D eigenvalue weighted by atomic mass is 16.5. The molecule has 0 heterocycles. The number of rotatable bonds is 7. The van der Waals surface area contributed by atoms with Crippen LogP contribution in [-0.2, 0) is 4.74 Å². The third-order valence-corrected chi connectivity index (χ3v) is 2.72. The minimum absolute atomic E-state index is 0.0472. The second-order valence-electron chi connectivity index (χ2n) is 4.17. The highest BCUT2D eigenvalue weighted by Gasteiger charge is 2.11. The highest BCUT2D eigenvalue weighted by Crippen LogP contribution is 2.28. The molecule has 0 aliphatic rings. The molecule has 5 heteroatoms. The normalized spacial score (nSPS) is 14.2. The van der Waals surface area contributed by atoms with Crippen LogP contribution in [0.1, 0.15) is 18.5 Å². The Hall–Kier alpha value is -1.30. The summed E-state index contributed by atoms with van der Waals surface area (Å²) in [7, 11) is 3.07. The molecule has 2 unspecified atom stereocenters. The summed E-state index contributed by atoms with van der Waals surface area (Å²) in [4.78, 5) is 0. The van der Waals surface area contributed by atoms with Crippen molar-refractivity contribution in [1.29, 1.82) is 0 Å². The molecular formula is C13H21NO4. The van der Waals surface area contributed by atoms with Crippen LogP contribution < -0.4 is 10.1 Å². The molecule has 1 rings (SSSR count). The van der Waals surface area contributed by atoms with E-state index in [9.17, 15) is 10.2 Å². The van der Waals surface area contributed by atoms with Gasteiger partial charge in [0.15, 0.2) is 11.5 Å². The molecule has 1 aromatic rings. The second-order valence-corrected chi connectivity index (χ2v) is 4.17. The predicted octanol–water partition coefficient (Wildman–Crippen LogP) is 1.06. The molecule has 0 radical (unpaired) electrons. The lowest BCUT2D eigenvalue weighted by molar-refractivity contribution is 0.0630. The molecule has 102 valence electrons. The maximum atomic E-state index is 9.54. The number of aliphatic hydroxyl groups excluding tert-OH is 1. The number of phenolic OH excluding ortho intramolecular Hbond substituents is 1. The molecule has 0 aliphatic carbocycles. The van der Waals surface area contributed by atoms with Crippen molar-refractivity contribution in [2.75, 3.05) is 27.4 Å². The third kappa shape index (κ3) is 4.18. The molecule has 18 heavy (non-hydrogen) atoms. The first-order valence-corrected chi connectivity index (χ1v) is 5.85. The molecule has 0 aromatic heterocycles. The van der Waals surface area contributed by atoms with Gasteiger partial charge in [0.2, 0.25) is 0 Å². The Morgan fingerprint density at radius 1 is 1.33 bits per heavy atom. The fourth-order valence-corrected chi connectivity index (χ4v) is 1.65. The first-order valence-electron chi connectivity index (χ1n) is 5.85. The monoisotopic (exact) mass is 255 g/mol. The fourth-order valence-electron chi connectivity index (χ4n) is 1.65. The maximum absolute atomic E-state index is 9.54. The number of nitrogens with one attached hydrogen (secondary N) is 1. The van der Waals surface area contributed by atoms with Crippen molar-refractivity contribution in [2.24, 2.45) is 0 Å². The van der Waals surface area contributed by atoms with Crippen LogP contribution in [0.4, 0.5) is 0 Å². The Morgan fingerprint density at radius 2 is 2.06 bits per heavy atom. The van der Waals surface area contributed by atoms with Crippen LogP contribution in [-0.4, -0.2) is 43.7 Å². The highest BCUT2D eigenvalue weighted by molar-refractivity contribution is 5.42. The number of aliphatic hydroxyl groups is 1. The lowest BCUT2D eigenvalue weighted by atomic mass is 10.1. The van der Waals surface area contributed by atoms with Crippen molar-refractivity contribution < 1.29 is 19.7 Å². The van der Waals surface area contributed by atoms with Crippen LogP contribution in [0.2, 0.25) is 0 Å². The van der Waals surface area contributed by atoms with E-state index >= 15 is 0 Å². The van der Waals surface area contributed by atoms with Crippen LogP contribution in [0.15, 0.2) is 18.2 Å². The number of methoxy groups -OCH3 is 2. The molecule has 5 nitrogen and oxygen atoms in total. The minimum Gasteiger partial charge on any atom is -0.504 e. The van der Waals surface area contributed by atoms with Gasteiger partial charge in [0.05, 0.1) is 19.8 Å². The van der Waals surface area contributed by atoms with Crippen molar-refractivity contribution in [2.45, 2.75) is 19.1 Å². The van der Waals surface area contributed by atoms with Gasteiger partial charge in [-0.15, -0.1) is 0 Å². The summed E-state index contributed by atoms with van der Waals surface area (Å²) in [6, 6.07) is 5.23. The molecule has 0 aliphatic heterocycles. The van der Waals surface area contributed by atoms with E-state index in [-0.39, 0.29) is 11.8 Å². The van der Waals surface area contributed by atoms with E-state index in [2.05, 4.69) is 5.32 Å². The fraction of sp³-hybridized carbons (Fsp3) is 0.538. The number of phenols is 1. The molecule has 3 N–H and O–H groups in total. The van der Waals surface area contributed by atoms with E-state index in [1.807, 2.05) is 13.0 Å². The van der Waals surface area contributed by atoms with Crippen LogP contribution in [0.5, 0.6) is 11.5 Å². The number of aromatic hydroxyl groups is 1. The summed E-state index contributed by atoms with van der Waals surface area (Å²) < 4.78 is 9.90. The lowest BCUT2D eigenvalue weighted by Gasteiger charge is -2.18. The summed E-state index contributed by atoms with van der Waals surface area (Å²) in [6.07, 6.45) is -0.531. The molecule has 0 bridgehead atoms. The van der Waals surface area contributed by atoms with Gasteiger partial charge in [-0.2, -0.15) is 0 Å². The number of ether oxygens (including phenoxy) is 2. The molecule has 2 atom stereocenters. The molecule has 0 saturated heterocycles. The standard InChI is InChI=1S/C13H21NO4/c1-9(14-7-11(15)8-17-2)10-4-5-12(16)13(6-10)18-3/h4-6,9,11,14-16H,7-8H2,1-3H3. The smallest absolute Gasteiger partial charge is 0.160 e. The topological polar surface area (TPSA) is 71.0 Å². The summed E-state index contributed by atoms with van der Waals surface area (Å²) in [5.41, 5.74) is 0.981. The summed E-state index contributed by atoms with van der Waals surface area (Å²) >= 11 is 0. The van der Waals surface area contributed by atoms with Crippen LogP contribution >= 0.6 is 0 Å². The van der Waals surface area contributed by atoms with E-state index < -0.39 is 6.10 Å². The second kappa shape index (κ2) is 7.20. The largest absolute Gasteiger partial charge is 0.504 e. The zero-order valence-electron chi connectivity index (χ0n) is 11.0. The van der Waals surface area contributed by atoms with Gasteiger partial charge in [0, 0.05) is 19.7 Å². The zero-order valence-corrected chi connectivity index (χ0v) is 11.0. The Labute approximate surface area is 107 Å². The molecular weight excluding hydrogens is 234 g/mol. The number of hydrogen-bond donors (Lipinski definition) is 3. The van der Waals surface area contributed by atoms with Crippen molar-refractivity contribution >= 4 is 0 Å². The molecule has 0 saturated carbocycles. The van der Waals surface area contributed by atoms with E-state index in [0.717, 1.165) is 5.56 Å². The van der Waals surface area contributed by atoms with Crippen LogP contribution in [0.3, 0.4) is 0 Å². The van der Waals surface area contributed by atoms with Gasteiger partial charge < -0.3 is 25.0 Å². The SMILES string of the molecule is COCC(O)CNC(C)c1ccc(O)c(OC)c1. The van der Waals surface area contributed by atoms with Gasteiger partial charge in [-0.1, -0.05) is 6.07 Å². The molecule has 0 amide bonds. The van der Waals surface area contributed by atoms with Gasteiger partial charge in [0.1, 0.15) is 0 Å². The van der Waals surface area contributed by atoms with Crippen LogP contribution in [0.25, 0.3) is 0 Å². The average molecular weight is 255 g/mol. The van der Waals surface area contributed by atoms with Gasteiger partial charge in [-0.25, -0.2) is 0 Å². The Kier molecular flexibility index (Phi) is 5.91. The molecule has 0 spiro atoms. The quantitative estimate of drug-likeness (QED) is 0.679. The Bertz CT molecular complexity index is 370. The molecule has 1 aromatic carbocycles. The number of benzene rings is 1. The third-order valence-electron chi connectivity index (χ3n) is 2.72. The molecule has 0 fully saturated rings. The van der Waals surface area contributed by atoms with Crippen molar-refractivity contribution in [3.63, 3.8) is 0 Å². The lowest BCUT2D eigenvalue weighted by Crippen LogP contribution is -2.31. The average Bonchev–Trinajstić information content (AvgIpc) is 2.37. The van der Waals surface area contributed by atoms with Gasteiger partial charge in [-0.3, -0.25) is 0 Å². The minimum atomic E-state index is -0.531. The van der Waals surface area contributed by atoms with Gasteiger partial charge >= 0.3 is 0 Å². The van der Waals surface area contributed by atoms with Crippen LogP contribution in [0, 0.1) is 0 Å². The number of hydrogen-bond acceptors (Lipinski definition) is 5. The first-order chi connectivity index (χ1) is 8.58. The van der Waals surface area contributed by atoms with Crippen molar-refractivity contribution in [3.05, 3.63) is 23.8 Å². The van der Waals surface area contributed by atoms with E-state index in [1.54, 1.807) is 19.2 Å². The predicted molar refractivity (Wildman–Crippen MR) is 69.0 cm³/mol. The summed E-state index contributed by atoms with van der Waals surface area (Å²) in [5.74, 6) is 0.562. The Morgan fingerprint density at radius 3 is 2.67 bits per heavy atom. The zero-order chi connectivity index (χ0) is 13.5. The maximum Gasteiger partial charge on any atom is 0.160 e. The first kappa shape index (κ1) is 14.8. The van der Waals surface area contributed by atoms with E-state index in [0.29, 0.717) is 18.9 Å². The van der Waals surface area contributed by atoms with Crippen molar-refractivity contribution in [3.8, 4) is 11.5 Å². The van der Waals surface area contributed by atoms with Crippen molar-refractivity contribution in [1.82, 2.24) is 5.32 Å². The summed E-state index contributed by atoms with van der Waals surface area (Å²) in [5, 5.41) is 22.2. The van der Waals surface area contributed by atoms with Gasteiger partial charge in [0.25, 0.3) is 0 Å². The van der Waals surface area contributed by atoms with E-state index in [4.69, 9.17) is 9.47 Å². The van der Waals surface area contributed by atoms with Gasteiger partial charge in [-0.05, 0) is 24.6 Å². The summed E-state index contributed by atoms with van der Waals surface area (Å²) in [6.45, 7) is 2.72.